The lowest BCUT2D eigenvalue weighted by Crippen LogP contribution is -2.08. The Morgan fingerprint density at radius 1 is 1.15 bits per heavy atom. The van der Waals surface area contributed by atoms with Crippen LogP contribution < -0.4 is 4.74 Å². The molecule has 0 saturated heterocycles. The summed E-state index contributed by atoms with van der Waals surface area (Å²) in [6.07, 6.45) is 1.84. The van der Waals surface area contributed by atoms with Gasteiger partial charge in [0, 0.05) is 17.3 Å². The van der Waals surface area contributed by atoms with Crippen molar-refractivity contribution in [3.8, 4) is 5.75 Å². The average Bonchev–Trinajstić information content (AvgIpc) is 3.03. The highest BCUT2D eigenvalue weighted by atomic mass is 35.5. The van der Waals surface area contributed by atoms with E-state index in [0.717, 1.165) is 33.1 Å². The van der Waals surface area contributed by atoms with Gasteiger partial charge in [-0.3, -0.25) is 4.57 Å². The van der Waals surface area contributed by atoms with Gasteiger partial charge in [-0.1, -0.05) is 59.8 Å². The lowest BCUT2D eigenvalue weighted by atomic mass is 10.2. The molecule has 2 aromatic carbocycles. The van der Waals surface area contributed by atoms with E-state index in [4.69, 9.17) is 16.3 Å². The molecular formula is C20H20ClN3OS. The van der Waals surface area contributed by atoms with Crippen molar-refractivity contribution in [2.75, 3.05) is 0 Å². The summed E-state index contributed by atoms with van der Waals surface area (Å²) in [5, 5.41) is 10.2. The third-order valence-electron chi connectivity index (χ3n) is 3.84. The van der Waals surface area contributed by atoms with E-state index in [0.29, 0.717) is 13.2 Å². The van der Waals surface area contributed by atoms with Crippen molar-refractivity contribution in [1.29, 1.82) is 0 Å². The Labute approximate surface area is 162 Å². The fourth-order valence-corrected chi connectivity index (χ4v) is 3.48. The lowest BCUT2D eigenvalue weighted by Gasteiger charge is -2.10. The highest BCUT2D eigenvalue weighted by Gasteiger charge is 2.13. The van der Waals surface area contributed by atoms with Gasteiger partial charge in [0.05, 0.1) is 0 Å². The molecule has 3 aromatic rings. The second-order valence-electron chi connectivity index (χ2n) is 5.77. The number of hydrogen-bond acceptors (Lipinski definition) is 4. The first kappa shape index (κ1) is 18.5. The second-order valence-corrected chi connectivity index (χ2v) is 7.15. The maximum Gasteiger partial charge on any atom is 0.191 e. The Bertz CT molecular complexity index is 877. The van der Waals surface area contributed by atoms with Crippen LogP contribution in [0.15, 0.2) is 66.3 Å². The monoisotopic (exact) mass is 385 g/mol. The van der Waals surface area contributed by atoms with E-state index in [-0.39, 0.29) is 0 Å². The largest absolute Gasteiger partial charge is 0.485 e. The number of thioether (sulfide) groups is 1. The molecule has 0 unspecified atom stereocenters. The topological polar surface area (TPSA) is 39.9 Å². The first-order chi connectivity index (χ1) is 12.7. The number of para-hydroxylation sites is 1. The van der Waals surface area contributed by atoms with E-state index in [1.165, 1.54) is 5.56 Å². The normalized spacial score (nSPS) is 10.7. The molecule has 3 rings (SSSR count). The van der Waals surface area contributed by atoms with Crippen molar-refractivity contribution in [2.24, 2.45) is 0 Å². The molecule has 0 amide bonds. The molecule has 0 saturated carbocycles. The molecule has 134 valence electrons. The van der Waals surface area contributed by atoms with Gasteiger partial charge in [-0.15, -0.1) is 16.8 Å². The number of aromatic nitrogens is 3. The van der Waals surface area contributed by atoms with Crippen molar-refractivity contribution in [3.63, 3.8) is 0 Å². The summed E-state index contributed by atoms with van der Waals surface area (Å²) in [7, 11) is 0. The quantitative estimate of drug-likeness (QED) is 0.390. The minimum absolute atomic E-state index is 0.368. The van der Waals surface area contributed by atoms with E-state index in [1.54, 1.807) is 11.8 Å². The zero-order valence-corrected chi connectivity index (χ0v) is 16.1. The second kappa shape index (κ2) is 8.92. The maximum absolute atomic E-state index is 5.94. The lowest BCUT2D eigenvalue weighted by molar-refractivity contribution is 0.287. The number of rotatable bonds is 8. The molecular weight excluding hydrogens is 366 g/mol. The molecule has 0 N–H and O–H groups in total. The predicted molar refractivity (Wildman–Crippen MR) is 107 cm³/mol. The minimum Gasteiger partial charge on any atom is -0.485 e. The fraction of sp³-hybridized carbons (Fsp3) is 0.200. The number of halogens is 1. The van der Waals surface area contributed by atoms with Crippen LogP contribution in [0, 0.1) is 6.92 Å². The molecule has 1 aromatic heterocycles. The van der Waals surface area contributed by atoms with Crippen LogP contribution >= 0.6 is 23.4 Å². The van der Waals surface area contributed by atoms with Crippen LogP contribution in [0.1, 0.15) is 17.0 Å². The van der Waals surface area contributed by atoms with Gasteiger partial charge in [0.2, 0.25) is 0 Å². The van der Waals surface area contributed by atoms with E-state index in [1.807, 2.05) is 66.1 Å². The summed E-state index contributed by atoms with van der Waals surface area (Å²) in [6, 6.07) is 15.8. The molecule has 0 aliphatic carbocycles. The Hall–Kier alpha value is -2.24. The van der Waals surface area contributed by atoms with Crippen molar-refractivity contribution in [3.05, 3.63) is 83.2 Å². The Balaban J connectivity index is 1.70. The molecule has 0 atom stereocenters. The molecule has 0 radical (unpaired) electrons. The molecule has 0 fully saturated rings. The zero-order chi connectivity index (χ0) is 18.4. The number of aryl methyl sites for hydroxylation is 1. The molecule has 6 heteroatoms. The standard InChI is InChI=1S/C20H20ClN3OS/c1-3-12-24-19(13-25-18-7-5-4-6-15(18)2)22-23-20(24)26-14-16-8-10-17(21)11-9-16/h3-11H,1,12-14H2,2H3. The molecule has 0 spiro atoms. The van der Waals surface area contributed by atoms with Crippen molar-refractivity contribution < 1.29 is 4.74 Å². The van der Waals surface area contributed by atoms with Gasteiger partial charge in [-0.05, 0) is 36.2 Å². The van der Waals surface area contributed by atoms with Gasteiger partial charge in [0.15, 0.2) is 11.0 Å². The Kier molecular flexibility index (Phi) is 6.36. The summed E-state index contributed by atoms with van der Waals surface area (Å²) in [6.45, 7) is 6.87. The highest BCUT2D eigenvalue weighted by Crippen LogP contribution is 2.24. The number of ether oxygens (including phenoxy) is 1. The summed E-state index contributed by atoms with van der Waals surface area (Å²) in [5.74, 6) is 2.44. The SMILES string of the molecule is C=CCn1c(COc2ccccc2C)nnc1SCc1ccc(Cl)cc1. The van der Waals surface area contributed by atoms with Gasteiger partial charge >= 0.3 is 0 Å². The van der Waals surface area contributed by atoms with Gasteiger partial charge in [0.1, 0.15) is 12.4 Å². The smallest absolute Gasteiger partial charge is 0.191 e. The van der Waals surface area contributed by atoms with Gasteiger partial charge in [-0.25, -0.2) is 0 Å². The third kappa shape index (κ3) is 4.68. The summed E-state index contributed by atoms with van der Waals surface area (Å²) < 4.78 is 7.95. The summed E-state index contributed by atoms with van der Waals surface area (Å²) >= 11 is 7.57. The molecule has 0 bridgehead atoms. The zero-order valence-electron chi connectivity index (χ0n) is 14.6. The third-order valence-corrected chi connectivity index (χ3v) is 5.13. The van der Waals surface area contributed by atoms with Crippen LogP contribution in [0.3, 0.4) is 0 Å². The Morgan fingerprint density at radius 3 is 2.65 bits per heavy atom. The molecule has 26 heavy (non-hydrogen) atoms. The number of nitrogens with zero attached hydrogens (tertiary/aromatic N) is 3. The van der Waals surface area contributed by atoms with E-state index in [2.05, 4.69) is 16.8 Å². The van der Waals surface area contributed by atoms with E-state index in [9.17, 15) is 0 Å². The van der Waals surface area contributed by atoms with Crippen molar-refractivity contribution in [1.82, 2.24) is 14.8 Å². The molecule has 4 nitrogen and oxygen atoms in total. The van der Waals surface area contributed by atoms with E-state index >= 15 is 0 Å². The summed E-state index contributed by atoms with van der Waals surface area (Å²) in [5.41, 5.74) is 2.28. The fourth-order valence-electron chi connectivity index (χ4n) is 2.43. The van der Waals surface area contributed by atoms with Crippen LogP contribution in [0.25, 0.3) is 0 Å². The van der Waals surface area contributed by atoms with Crippen molar-refractivity contribution >= 4 is 23.4 Å². The van der Waals surface area contributed by atoms with Crippen LogP contribution in [-0.4, -0.2) is 14.8 Å². The average molecular weight is 386 g/mol. The number of hydrogen-bond donors (Lipinski definition) is 0. The van der Waals surface area contributed by atoms with Gasteiger partial charge < -0.3 is 4.74 Å². The van der Waals surface area contributed by atoms with Crippen LogP contribution in [0.4, 0.5) is 0 Å². The van der Waals surface area contributed by atoms with Crippen molar-refractivity contribution in [2.45, 2.75) is 31.0 Å². The van der Waals surface area contributed by atoms with Gasteiger partial charge in [0.25, 0.3) is 0 Å². The van der Waals surface area contributed by atoms with E-state index < -0.39 is 0 Å². The minimum atomic E-state index is 0.368. The molecule has 1 heterocycles. The predicted octanol–water partition coefficient (Wildman–Crippen LogP) is 5.30. The maximum atomic E-state index is 5.94. The number of benzene rings is 2. The summed E-state index contributed by atoms with van der Waals surface area (Å²) in [4.78, 5) is 0. The highest BCUT2D eigenvalue weighted by molar-refractivity contribution is 7.98. The molecule has 0 aliphatic heterocycles. The first-order valence-electron chi connectivity index (χ1n) is 8.26. The Morgan fingerprint density at radius 2 is 1.92 bits per heavy atom. The van der Waals surface area contributed by atoms with Crippen LogP contribution in [-0.2, 0) is 18.9 Å². The molecule has 0 aliphatic rings. The number of allylic oxidation sites excluding steroid dienone is 1. The van der Waals surface area contributed by atoms with Crippen LogP contribution in [0.2, 0.25) is 5.02 Å². The first-order valence-corrected chi connectivity index (χ1v) is 9.62. The van der Waals surface area contributed by atoms with Gasteiger partial charge in [-0.2, -0.15) is 0 Å². The van der Waals surface area contributed by atoms with Crippen LogP contribution in [0.5, 0.6) is 5.75 Å².